The summed E-state index contributed by atoms with van der Waals surface area (Å²) in [6.07, 6.45) is 0. The molecule has 7 nitrogen and oxygen atoms in total. The Labute approximate surface area is 227 Å². The molecular weight excluding hydrogens is 618 g/mol. The third-order valence-electron chi connectivity index (χ3n) is 4.84. The molecule has 35 heavy (non-hydrogen) atoms. The average Bonchev–Trinajstić information content (AvgIpc) is 2.75. The summed E-state index contributed by atoms with van der Waals surface area (Å²) in [5.74, 6) is 0.127. The van der Waals surface area contributed by atoms with Crippen LogP contribution in [0.1, 0.15) is 16.7 Å². The lowest BCUT2D eigenvalue weighted by atomic mass is 10.1. The van der Waals surface area contributed by atoms with Crippen LogP contribution in [0.3, 0.4) is 0 Å². The van der Waals surface area contributed by atoms with Crippen LogP contribution in [0.4, 0.5) is 11.4 Å². The van der Waals surface area contributed by atoms with E-state index in [2.05, 4.69) is 47.2 Å². The molecule has 3 aromatic carbocycles. The molecule has 0 saturated heterocycles. The molecular formula is C24H23Br2N3O4S2. The summed E-state index contributed by atoms with van der Waals surface area (Å²) in [4.78, 5) is 12.3. The zero-order valence-electron chi connectivity index (χ0n) is 19.1. The Morgan fingerprint density at radius 2 is 1.66 bits per heavy atom. The number of sulfonamides is 1. The number of hydrogen-bond acceptors (Lipinski definition) is 5. The number of amides is 1. The Bertz CT molecular complexity index is 1360. The number of carbonyl (C=O) groups excluding carboxylic acids is 1. The highest BCUT2D eigenvalue weighted by Crippen LogP contribution is 2.32. The van der Waals surface area contributed by atoms with Gasteiger partial charge < -0.3 is 10.1 Å². The molecule has 0 aliphatic carbocycles. The maximum Gasteiger partial charge on any atom is 0.264 e. The van der Waals surface area contributed by atoms with Crippen molar-refractivity contribution in [1.29, 1.82) is 0 Å². The minimum atomic E-state index is -3.76. The molecule has 3 N–H and O–H groups in total. The molecule has 184 valence electrons. The van der Waals surface area contributed by atoms with Gasteiger partial charge in [0.1, 0.15) is 5.75 Å². The summed E-state index contributed by atoms with van der Waals surface area (Å²) < 4.78 is 35.3. The molecule has 11 heteroatoms. The number of hydrogen-bond donors (Lipinski definition) is 3. The second-order valence-electron chi connectivity index (χ2n) is 7.77. The maximum absolute atomic E-state index is 12.7. The van der Waals surface area contributed by atoms with E-state index in [-0.39, 0.29) is 16.6 Å². The topological polar surface area (TPSA) is 96.5 Å². The molecule has 0 unspecified atom stereocenters. The molecule has 1 amide bonds. The zero-order chi connectivity index (χ0) is 25.8. The van der Waals surface area contributed by atoms with Gasteiger partial charge in [-0.25, -0.2) is 8.42 Å². The lowest BCUT2D eigenvalue weighted by molar-refractivity contribution is -0.121. The molecule has 0 atom stereocenters. The molecule has 0 fully saturated rings. The largest absolute Gasteiger partial charge is 0.482 e. The van der Waals surface area contributed by atoms with Crippen molar-refractivity contribution in [2.24, 2.45) is 0 Å². The predicted octanol–water partition coefficient (Wildman–Crippen LogP) is 5.83. The van der Waals surface area contributed by atoms with Crippen LogP contribution < -0.4 is 20.1 Å². The number of ether oxygens (including phenoxy) is 1. The maximum atomic E-state index is 12.7. The normalized spacial score (nSPS) is 11.0. The summed E-state index contributed by atoms with van der Waals surface area (Å²) >= 11 is 12.0. The average molecular weight is 641 g/mol. The molecule has 0 radical (unpaired) electrons. The first-order valence-electron chi connectivity index (χ1n) is 10.3. The molecule has 0 saturated carbocycles. The number of carbonyl (C=O) groups is 1. The second-order valence-corrected chi connectivity index (χ2v) is 11.6. The van der Waals surface area contributed by atoms with Gasteiger partial charge in [-0.2, -0.15) is 0 Å². The fourth-order valence-electron chi connectivity index (χ4n) is 3.18. The van der Waals surface area contributed by atoms with Crippen LogP contribution in [0, 0.1) is 20.8 Å². The van der Waals surface area contributed by atoms with Crippen LogP contribution in [0.25, 0.3) is 0 Å². The minimum absolute atomic E-state index is 0.0641. The quantitative estimate of drug-likeness (QED) is 0.281. The van der Waals surface area contributed by atoms with E-state index < -0.39 is 15.9 Å². The van der Waals surface area contributed by atoms with Crippen LogP contribution >= 0.6 is 44.1 Å². The van der Waals surface area contributed by atoms with E-state index in [1.165, 1.54) is 12.1 Å². The number of anilines is 2. The summed E-state index contributed by atoms with van der Waals surface area (Å²) in [6.45, 7) is 5.43. The van der Waals surface area contributed by atoms with Crippen LogP contribution in [-0.4, -0.2) is 26.0 Å². The van der Waals surface area contributed by atoms with Crippen molar-refractivity contribution in [3.05, 3.63) is 80.2 Å². The van der Waals surface area contributed by atoms with E-state index in [1.807, 2.05) is 45.0 Å². The van der Waals surface area contributed by atoms with Gasteiger partial charge in [-0.3, -0.25) is 14.8 Å². The first-order valence-corrected chi connectivity index (χ1v) is 13.8. The van der Waals surface area contributed by atoms with Crippen LogP contribution in [-0.2, 0) is 14.8 Å². The molecule has 0 aromatic heterocycles. The van der Waals surface area contributed by atoms with E-state index in [9.17, 15) is 13.2 Å². The lowest BCUT2D eigenvalue weighted by Gasteiger charge is -2.14. The van der Waals surface area contributed by atoms with Crippen molar-refractivity contribution < 1.29 is 17.9 Å². The Balaban J connectivity index is 1.56. The van der Waals surface area contributed by atoms with Gasteiger partial charge in [-0.05, 0) is 103 Å². The van der Waals surface area contributed by atoms with E-state index in [0.717, 1.165) is 25.6 Å². The van der Waals surface area contributed by atoms with Crippen LogP contribution in [0.2, 0.25) is 0 Å². The second kappa shape index (κ2) is 11.5. The first-order chi connectivity index (χ1) is 16.4. The van der Waals surface area contributed by atoms with Gasteiger partial charge in [0, 0.05) is 10.2 Å². The SMILES string of the molecule is Cc1ccc(NS(=O)(=O)c2ccc(NC(=S)NC(=O)COc3c(C)cc(Br)cc3Br)cc2)c(C)c1. The van der Waals surface area contributed by atoms with Gasteiger partial charge in [-0.15, -0.1) is 0 Å². The van der Waals surface area contributed by atoms with Crippen molar-refractivity contribution in [3.63, 3.8) is 0 Å². The summed E-state index contributed by atoms with van der Waals surface area (Å²) in [6, 6.07) is 15.2. The van der Waals surface area contributed by atoms with Gasteiger partial charge in [0.15, 0.2) is 11.7 Å². The number of aryl methyl sites for hydroxylation is 3. The fraction of sp³-hybridized carbons (Fsp3) is 0.167. The summed E-state index contributed by atoms with van der Waals surface area (Å²) in [5, 5.41) is 5.46. The van der Waals surface area contributed by atoms with E-state index in [1.54, 1.807) is 18.2 Å². The van der Waals surface area contributed by atoms with Crippen molar-refractivity contribution in [2.45, 2.75) is 25.7 Å². The molecule has 3 rings (SSSR count). The van der Waals surface area contributed by atoms with E-state index in [4.69, 9.17) is 17.0 Å². The van der Waals surface area contributed by atoms with Crippen molar-refractivity contribution in [3.8, 4) is 5.75 Å². The zero-order valence-corrected chi connectivity index (χ0v) is 23.9. The molecule has 0 heterocycles. The Morgan fingerprint density at radius 1 is 0.971 bits per heavy atom. The third kappa shape index (κ3) is 7.50. The van der Waals surface area contributed by atoms with Gasteiger partial charge >= 0.3 is 0 Å². The summed E-state index contributed by atoms with van der Waals surface area (Å²) in [7, 11) is -3.76. The third-order valence-corrected chi connectivity index (χ3v) is 7.48. The Morgan fingerprint density at radius 3 is 2.29 bits per heavy atom. The van der Waals surface area contributed by atoms with Gasteiger partial charge in [0.2, 0.25) is 0 Å². The Hall–Kier alpha value is -2.47. The number of benzene rings is 3. The molecule has 0 bridgehead atoms. The van der Waals surface area contributed by atoms with Crippen molar-refractivity contribution >= 4 is 76.5 Å². The standard InChI is InChI=1S/C24H23Br2N3O4S2/c1-14-4-9-21(15(2)10-14)29-35(31,32)19-7-5-18(6-8-19)27-24(34)28-22(30)13-33-23-16(3)11-17(25)12-20(23)26/h4-12,29H,13H2,1-3H3,(H2,27,28,30,34). The smallest absolute Gasteiger partial charge is 0.264 e. The minimum Gasteiger partial charge on any atom is -0.482 e. The molecule has 0 aliphatic rings. The molecule has 0 spiro atoms. The van der Waals surface area contributed by atoms with Crippen LogP contribution in [0.15, 0.2) is 68.4 Å². The predicted molar refractivity (Wildman–Crippen MR) is 150 cm³/mol. The fourth-order valence-corrected chi connectivity index (χ4v) is 6.10. The first kappa shape index (κ1) is 27.1. The molecule has 3 aromatic rings. The number of halogens is 2. The lowest BCUT2D eigenvalue weighted by Crippen LogP contribution is -2.37. The van der Waals surface area contributed by atoms with Crippen molar-refractivity contribution in [2.75, 3.05) is 16.6 Å². The highest BCUT2D eigenvalue weighted by Gasteiger charge is 2.16. The highest BCUT2D eigenvalue weighted by atomic mass is 79.9. The molecule has 0 aliphatic heterocycles. The van der Waals surface area contributed by atoms with Crippen LogP contribution in [0.5, 0.6) is 5.75 Å². The van der Waals surface area contributed by atoms with Crippen molar-refractivity contribution in [1.82, 2.24) is 5.32 Å². The number of thiocarbonyl (C=S) groups is 1. The number of rotatable bonds is 7. The summed E-state index contributed by atoms with van der Waals surface area (Å²) in [5.41, 5.74) is 3.79. The van der Waals surface area contributed by atoms with E-state index in [0.29, 0.717) is 17.1 Å². The monoisotopic (exact) mass is 639 g/mol. The van der Waals surface area contributed by atoms with Gasteiger partial charge in [0.05, 0.1) is 15.1 Å². The van der Waals surface area contributed by atoms with Gasteiger partial charge in [0.25, 0.3) is 15.9 Å². The van der Waals surface area contributed by atoms with Gasteiger partial charge in [-0.1, -0.05) is 33.6 Å². The number of nitrogens with one attached hydrogen (secondary N) is 3. The Kier molecular flexibility index (Phi) is 8.92. The highest BCUT2D eigenvalue weighted by molar-refractivity contribution is 9.11. The van der Waals surface area contributed by atoms with E-state index >= 15 is 0 Å².